The molecular formula is C21H27Cl2N5O5S. The van der Waals surface area contributed by atoms with Gasteiger partial charge in [-0.1, -0.05) is 37.0 Å². The average Bonchev–Trinajstić information content (AvgIpc) is 3.27. The van der Waals surface area contributed by atoms with E-state index in [1.54, 1.807) is 18.4 Å². The first-order valence-electron chi connectivity index (χ1n) is 10.7. The summed E-state index contributed by atoms with van der Waals surface area (Å²) in [5.74, 6) is 0.0425. The van der Waals surface area contributed by atoms with Gasteiger partial charge in [-0.25, -0.2) is 14.8 Å². The predicted octanol–water partition coefficient (Wildman–Crippen LogP) is 2.66. The van der Waals surface area contributed by atoms with Crippen molar-refractivity contribution in [1.82, 2.24) is 23.7 Å². The molecule has 0 aliphatic rings. The lowest BCUT2D eigenvalue weighted by molar-refractivity contribution is -0.123. The molecular weight excluding hydrogens is 505 g/mol. The number of aromatic nitrogens is 4. The first-order chi connectivity index (χ1) is 16.0. The highest BCUT2D eigenvalue weighted by atomic mass is 35.5. The lowest BCUT2D eigenvalue weighted by Crippen LogP contribution is -2.40. The van der Waals surface area contributed by atoms with Crippen LogP contribution < -0.4 is 11.2 Å². The van der Waals surface area contributed by atoms with E-state index in [1.807, 2.05) is 13.8 Å². The number of aliphatic hydroxyl groups is 1. The van der Waals surface area contributed by atoms with Gasteiger partial charge in [-0.15, -0.1) is 11.3 Å². The van der Waals surface area contributed by atoms with Gasteiger partial charge in [0.15, 0.2) is 5.15 Å². The normalized spacial score (nSPS) is 11.7. The highest BCUT2D eigenvalue weighted by Gasteiger charge is 2.30. The summed E-state index contributed by atoms with van der Waals surface area (Å²) < 4.78 is 4.14. The van der Waals surface area contributed by atoms with Crippen LogP contribution in [0.5, 0.6) is 0 Å². The average molecular weight is 532 g/mol. The van der Waals surface area contributed by atoms with Gasteiger partial charge in [0, 0.05) is 18.5 Å². The maximum absolute atomic E-state index is 13.6. The topological polar surface area (TPSA) is 112 Å². The summed E-state index contributed by atoms with van der Waals surface area (Å²) in [5, 5.41) is 10.9. The van der Waals surface area contributed by atoms with Crippen LogP contribution >= 0.6 is 34.5 Å². The molecule has 34 heavy (non-hydrogen) atoms. The Balaban J connectivity index is 2.38. The summed E-state index contributed by atoms with van der Waals surface area (Å²) in [5.41, 5.74) is -0.951. The van der Waals surface area contributed by atoms with Gasteiger partial charge in [0.05, 0.1) is 37.3 Å². The van der Waals surface area contributed by atoms with E-state index in [2.05, 4.69) is 4.98 Å². The van der Waals surface area contributed by atoms with Crippen molar-refractivity contribution < 1.29 is 14.7 Å². The van der Waals surface area contributed by atoms with E-state index < -0.39 is 17.2 Å². The minimum absolute atomic E-state index is 0.0912. The van der Waals surface area contributed by atoms with Crippen molar-refractivity contribution in [3.8, 4) is 0 Å². The number of hydrogen-bond acceptors (Lipinski definition) is 7. The summed E-state index contributed by atoms with van der Waals surface area (Å²) in [4.78, 5) is 50.4. The zero-order valence-corrected chi connectivity index (χ0v) is 21.9. The molecule has 3 rings (SSSR count). The van der Waals surface area contributed by atoms with Crippen LogP contribution in [0.4, 0.5) is 0 Å². The number of hydrogen-bond donors (Lipinski definition) is 1. The number of hydroxylamine groups is 2. The Kier molecular flexibility index (Phi) is 8.25. The Hall–Kier alpha value is -2.18. The second-order valence-corrected chi connectivity index (χ2v) is 9.91. The number of thiophene rings is 1. The second-order valence-electron chi connectivity index (χ2n) is 8.11. The Morgan fingerprint density at radius 1 is 1.26 bits per heavy atom. The Bertz CT molecular complexity index is 1330. The van der Waals surface area contributed by atoms with Crippen molar-refractivity contribution >= 4 is 50.7 Å². The standard InChI is InChI=1S/C21H27Cl2N5O5S/c1-6-33-28(7-8-29)19(31)14-13(10-26-12(4)24-16(22)17(26)23)34-20-15(14)18(30)25(5)21(32)27(20)9-11(2)3/h11,29H,6-10H2,1-5H3. The van der Waals surface area contributed by atoms with Gasteiger partial charge >= 0.3 is 5.69 Å². The van der Waals surface area contributed by atoms with Crippen molar-refractivity contribution in [3.05, 3.63) is 47.4 Å². The Morgan fingerprint density at radius 2 is 1.94 bits per heavy atom. The Morgan fingerprint density at radius 3 is 2.47 bits per heavy atom. The van der Waals surface area contributed by atoms with E-state index in [-0.39, 0.29) is 53.5 Å². The SMILES string of the molecule is CCON(CCO)C(=O)c1c(Cn2c(C)nc(Cl)c2Cl)sc2c1c(=O)n(C)c(=O)n2CC(C)C. The maximum Gasteiger partial charge on any atom is 0.331 e. The summed E-state index contributed by atoms with van der Waals surface area (Å²) >= 11 is 13.6. The number of aliphatic hydroxyl groups excluding tert-OH is 1. The number of rotatable bonds is 9. The van der Waals surface area contributed by atoms with Gasteiger partial charge in [0.25, 0.3) is 11.5 Å². The summed E-state index contributed by atoms with van der Waals surface area (Å²) in [6.45, 7) is 7.56. The van der Waals surface area contributed by atoms with Crippen molar-refractivity contribution in [3.63, 3.8) is 0 Å². The van der Waals surface area contributed by atoms with E-state index in [0.29, 0.717) is 22.1 Å². The van der Waals surface area contributed by atoms with Crippen molar-refractivity contribution in [2.45, 2.75) is 40.8 Å². The highest BCUT2D eigenvalue weighted by molar-refractivity contribution is 7.19. The summed E-state index contributed by atoms with van der Waals surface area (Å²) in [6.07, 6.45) is 0. The molecule has 186 valence electrons. The molecule has 3 heterocycles. The first kappa shape index (κ1) is 26.4. The van der Waals surface area contributed by atoms with E-state index in [4.69, 9.17) is 28.0 Å². The van der Waals surface area contributed by atoms with Crippen LogP contribution in [0.15, 0.2) is 9.59 Å². The fraction of sp³-hybridized carbons (Fsp3) is 0.524. The number of fused-ring (bicyclic) bond motifs is 1. The quantitative estimate of drug-likeness (QED) is 0.425. The van der Waals surface area contributed by atoms with E-state index in [9.17, 15) is 19.5 Å². The van der Waals surface area contributed by atoms with Gasteiger partial charge < -0.3 is 9.67 Å². The van der Waals surface area contributed by atoms with Crippen molar-refractivity contribution in [2.24, 2.45) is 13.0 Å². The van der Waals surface area contributed by atoms with Crippen LogP contribution in [0.3, 0.4) is 0 Å². The van der Waals surface area contributed by atoms with Crippen molar-refractivity contribution in [1.29, 1.82) is 0 Å². The lowest BCUT2D eigenvalue weighted by atomic mass is 10.1. The number of carbonyl (C=O) groups is 1. The highest BCUT2D eigenvalue weighted by Crippen LogP contribution is 2.33. The summed E-state index contributed by atoms with van der Waals surface area (Å²) in [6, 6.07) is 0. The van der Waals surface area contributed by atoms with E-state index >= 15 is 0 Å². The number of carbonyl (C=O) groups excluding carboxylic acids is 1. The molecule has 10 nitrogen and oxygen atoms in total. The van der Waals surface area contributed by atoms with Crippen LogP contribution in [0, 0.1) is 12.8 Å². The number of imidazole rings is 1. The fourth-order valence-corrected chi connectivity index (χ4v) is 5.39. The molecule has 0 aromatic carbocycles. The lowest BCUT2D eigenvalue weighted by Gasteiger charge is -2.21. The molecule has 0 spiro atoms. The third-order valence-corrected chi connectivity index (χ3v) is 7.12. The zero-order valence-electron chi connectivity index (χ0n) is 19.6. The number of halogens is 2. The molecule has 0 aliphatic heterocycles. The molecule has 1 N–H and O–H groups in total. The smallest absolute Gasteiger partial charge is 0.331 e. The van der Waals surface area contributed by atoms with Crippen LogP contribution in [-0.4, -0.2) is 54.5 Å². The number of amides is 1. The molecule has 0 fully saturated rings. The van der Waals surface area contributed by atoms with Crippen LogP contribution in [0.1, 0.15) is 41.8 Å². The van der Waals surface area contributed by atoms with Crippen LogP contribution in [-0.2, 0) is 25.0 Å². The first-order valence-corrected chi connectivity index (χ1v) is 12.3. The van der Waals surface area contributed by atoms with E-state index in [1.165, 1.54) is 23.0 Å². The Labute approximate surface area is 209 Å². The predicted molar refractivity (Wildman–Crippen MR) is 132 cm³/mol. The molecule has 1 amide bonds. The number of nitrogens with zero attached hydrogens (tertiary/aromatic N) is 5. The van der Waals surface area contributed by atoms with Gasteiger partial charge in [0.1, 0.15) is 15.8 Å². The molecule has 0 saturated heterocycles. The molecule has 0 radical (unpaired) electrons. The maximum atomic E-state index is 13.6. The zero-order chi connectivity index (χ0) is 25.3. The molecule has 0 bridgehead atoms. The van der Waals surface area contributed by atoms with Gasteiger partial charge in [0.2, 0.25) is 0 Å². The molecule has 0 atom stereocenters. The fourth-order valence-electron chi connectivity index (χ4n) is 3.67. The van der Waals surface area contributed by atoms with Gasteiger partial charge in [-0.2, -0.15) is 0 Å². The minimum Gasteiger partial charge on any atom is -0.394 e. The molecule has 13 heteroatoms. The monoisotopic (exact) mass is 531 g/mol. The molecule has 3 aromatic heterocycles. The largest absolute Gasteiger partial charge is 0.394 e. The molecule has 0 aliphatic carbocycles. The van der Waals surface area contributed by atoms with Crippen LogP contribution in [0.2, 0.25) is 10.3 Å². The molecule has 3 aromatic rings. The van der Waals surface area contributed by atoms with Crippen LogP contribution in [0.25, 0.3) is 10.2 Å². The third kappa shape index (κ3) is 4.80. The second kappa shape index (κ2) is 10.6. The molecule has 0 saturated carbocycles. The van der Waals surface area contributed by atoms with Gasteiger partial charge in [-0.3, -0.25) is 23.6 Å². The van der Waals surface area contributed by atoms with Crippen molar-refractivity contribution in [2.75, 3.05) is 19.8 Å². The number of aryl methyl sites for hydroxylation is 1. The third-order valence-electron chi connectivity index (χ3n) is 5.18. The van der Waals surface area contributed by atoms with E-state index in [0.717, 1.165) is 9.63 Å². The minimum atomic E-state index is -0.594. The van der Waals surface area contributed by atoms with Gasteiger partial charge in [-0.05, 0) is 19.8 Å². The summed E-state index contributed by atoms with van der Waals surface area (Å²) in [7, 11) is 1.39. The molecule has 0 unspecified atom stereocenters.